The quantitative estimate of drug-likeness (QED) is 0.738. The van der Waals surface area contributed by atoms with E-state index in [-0.39, 0.29) is 0 Å². The molecular weight excluding hydrogens is 219 g/mol. The summed E-state index contributed by atoms with van der Waals surface area (Å²) in [5.74, 6) is 0.906. The third-order valence-electron chi connectivity index (χ3n) is 2.38. The average Bonchev–Trinajstić information content (AvgIpc) is 2.57. The Morgan fingerprint density at radius 2 is 2.00 bits per heavy atom. The second-order valence-corrected chi connectivity index (χ2v) is 4.16. The van der Waals surface area contributed by atoms with Crippen molar-refractivity contribution < 1.29 is 4.58 Å². The predicted molar refractivity (Wildman–Crippen MR) is 59.7 cm³/mol. The minimum absolute atomic E-state index is 0.573. The summed E-state index contributed by atoms with van der Waals surface area (Å²) in [6.07, 6.45) is 2.06. The Kier molecular flexibility index (Phi) is 2.66. The highest BCUT2D eigenvalue weighted by Gasteiger charge is 2.18. The van der Waals surface area contributed by atoms with Crippen molar-refractivity contribution in [1.82, 2.24) is 0 Å². The fraction of sp³-hybridized carbons (Fsp3) is 0.300. The molecule has 1 aromatic carbocycles. The van der Waals surface area contributed by atoms with E-state index >= 15 is 0 Å². The van der Waals surface area contributed by atoms with Gasteiger partial charge in [0.05, 0.1) is 23.0 Å². The zero-order chi connectivity index (χ0) is 10.1. The van der Waals surface area contributed by atoms with Crippen LogP contribution in [0.4, 0.5) is 5.69 Å². The number of hydrogen-bond acceptors (Lipinski definition) is 1. The highest BCUT2D eigenvalue weighted by atomic mass is 35.5. The topological polar surface area (TPSA) is 29.0 Å². The van der Waals surface area contributed by atoms with Crippen molar-refractivity contribution in [2.45, 2.75) is 12.8 Å². The van der Waals surface area contributed by atoms with Crippen LogP contribution in [0.5, 0.6) is 0 Å². The predicted octanol–water partition coefficient (Wildman–Crippen LogP) is 2.79. The first kappa shape index (κ1) is 9.81. The van der Waals surface area contributed by atoms with Gasteiger partial charge in [-0.05, 0) is 18.6 Å². The van der Waals surface area contributed by atoms with Crippen LogP contribution in [0.3, 0.4) is 0 Å². The Morgan fingerprint density at radius 3 is 2.57 bits per heavy atom. The summed E-state index contributed by atoms with van der Waals surface area (Å²) in [7, 11) is 0. The molecule has 74 valence electrons. The van der Waals surface area contributed by atoms with Crippen molar-refractivity contribution in [2.75, 3.05) is 6.54 Å². The molecule has 1 aliphatic heterocycles. The molecule has 0 saturated carbocycles. The molecule has 14 heavy (non-hydrogen) atoms. The van der Waals surface area contributed by atoms with Crippen LogP contribution in [0, 0.1) is 0 Å². The van der Waals surface area contributed by atoms with Crippen LogP contribution in [-0.2, 0) is 0 Å². The molecule has 0 bridgehead atoms. The number of amidine groups is 1. The number of nitrogens with two attached hydrogens (primary N) is 1. The lowest BCUT2D eigenvalue weighted by Crippen LogP contribution is -2.18. The minimum Gasteiger partial charge on any atom is -0.291 e. The fourth-order valence-corrected chi connectivity index (χ4v) is 1.94. The van der Waals surface area contributed by atoms with E-state index in [1.807, 2.05) is 12.1 Å². The zero-order valence-electron chi connectivity index (χ0n) is 7.63. The van der Waals surface area contributed by atoms with E-state index in [1.54, 1.807) is 6.07 Å². The van der Waals surface area contributed by atoms with Crippen molar-refractivity contribution in [3.05, 3.63) is 28.2 Å². The maximum Gasteiger partial charge on any atom is 0.247 e. The van der Waals surface area contributed by atoms with Crippen LogP contribution in [0.1, 0.15) is 12.8 Å². The number of halogens is 2. The molecule has 0 unspecified atom stereocenters. The van der Waals surface area contributed by atoms with Gasteiger partial charge in [-0.15, -0.1) is 0 Å². The van der Waals surface area contributed by atoms with Gasteiger partial charge < -0.3 is 0 Å². The molecule has 2 rings (SSSR count). The molecule has 1 aliphatic rings. The van der Waals surface area contributed by atoms with E-state index in [0.29, 0.717) is 10.0 Å². The summed E-state index contributed by atoms with van der Waals surface area (Å²) in [6.45, 7) is 0.962. The largest absolute Gasteiger partial charge is 0.291 e. The Labute approximate surface area is 92.9 Å². The minimum atomic E-state index is 0.573. The van der Waals surface area contributed by atoms with Crippen LogP contribution < -0.4 is 5.73 Å². The fourth-order valence-electron chi connectivity index (χ4n) is 1.64. The van der Waals surface area contributed by atoms with Gasteiger partial charge in [-0.1, -0.05) is 23.2 Å². The van der Waals surface area contributed by atoms with Crippen LogP contribution >= 0.6 is 23.2 Å². The Balaban J connectivity index is 2.42. The van der Waals surface area contributed by atoms with E-state index in [0.717, 1.165) is 30.9 Å². The van der Waals surface area contributed by atoms with Crippen molar-refractivity contribution in [3.63, 3.8) is 0 Å². The summed E-state index contributed by atoms with van der Waals surface area (Å²) < 4.78 is 2.07. The first-order valence-corrected chi connectivity index (χ1v) is 5.28. The molecule has 0 aliphatic carbocycles. The first-order valence-electron chi connectivity index (χ1n) is 4.52. The summed E-state index contributed by atoms with van der Waals surface area (Å²) >= 11 is 11.8. The molecule has 0 amide bonds. The average molecular weight is 230 g/mol. The number of rotatable bonds is 1. The number of benzene rings is 1. The molecular formula is C10H11Cl2N2+. The standard InChI is InChI=1S/C10H10Cl2N2/c11-8-4-3-7(6-9(8)12)14-5-1-2-10(14)13/h3-4,6,13H,1-2,5H2/p+1. The lowest BCUT2D eigenvalue weighted by molar-refractivity contribution is -0.432. The smallest absolute Gasteiger partial charge is 0.247 e. The molecule has 0 spiro atoms. The van der Waals surface area contributed by atoms with Crippen LogP contribution in [-0.4, -0.2) is 17.0 Å². The monoisotopic (exact) mass is 229 g/mol. The normalized spacial score (nSPS) is 16.4. The third kappa shape index (κ3) is 1.72. The molecule has 0 atom stereocenters. The summed E-state index contributed by atoms with van der Waals surface area (Å²) in [6, 6.07) is 5.58. The third-order valence-corrected chi connectivity index (χ3v) is 3.12. The maximum atomic E-state index is 5.93. The molecule has 2 N–H and O–H groups in total. The molecule has 0 saturated heterocycles. The summed E-state index contributed by atoms with van der Waals surface area (Å²) in [5, 5.41) is 1.15. The highest BCUT2D eigenvalue weighted by molar-refractivity contribution is 6.42. The van der Waals surface area contributed by atoms with Crippen LogP contribution in [0.2, 0.25) is 10.0 Å². The number of hydrogen-bond donors (Lipinski definition) is 1. The molecule has 4 heteroatoms. The second kappa shape index (κ2) is 3.79. The van der Waals surface area contributed by atoms with Crippen LogP contribution in [0.15, 0.2) is 18.2 Å². The number of nitrogens with zero attached hydrogens (tertiary/aromatic N) is 1. The maximum absolute atomic E-state index is 5.93. The molecule has 0 radical (unpaired) electrons. The van der Waals surface area contributed by atoms with Gasteiger partial charge in [0.2, 0.25) is 5.84 Å². The molecule has 2 nitrogen and oxygen atoms in total. The molecule has 0 fully saturated rings. The van der Waals surface area contributed by atoms with Crippen molar-refractivity contribution in [2.24, 2.45) is 5.73 Å². The Bertz CT molecular complexity index is 399. The second-order valence-electron chi connectivity index (χ2n) is 3.34. The van der Waals surface area contributed by atoms with Gasteiger partial charge >= 0.3 is 0 Å². The molecule has 1 heterocycles. The van der Waals surface area contributed by atoms with Gasteiger partial charge in [-0.25, -0.2) is 4.58 Å². The van der Waals surface area contributed by atoms with Gasteiger partial charge in [0.25, 0.3) is 0 Å². The van der Waals surface area contributed by atoms with E-state index in [9.17, 15) is 0 Å². The first-order chi connectivity index (χ1) is 6.68. The van der Waals surface area contributed by atoms with E-state index in [2.05, 4.69) is 4.58 Å². The van der Waals surface area contributed by atoms with Crippen molar-refractivity contribution in [3.8, 4) is 0 Å². The van der Waals surface area contributed by atoms with E-state index in [1.165, 1.54) is 0 Å². The summed E-state index contributed by atoms with van der Waals surface area (Å²) in [4.78, 5) is 0. The van der Waals surface area contributed by atoms with Crippen molar-refractivity contribution in [1.29, 1.82) is 0 Å². The Hall–Kier alpha value is -0.730. The van der Waals surface area contributed by atoms with Gasteiger partial charge in [0, 0.05) is 6.07 Å². The SMILES string of the molecule is NC1=[N+](c2ccc(Cl)c(Cl)c2)CCC1. The van der Waals surface area contributed by atoms with E-state index in [4.69, 9.17) is 28.9 Å². The Morgan fingerprint density at radius 1 is 1.21 bits per heavy atom. The van der Waals surface area contributed by atoms with E-state index < -0.39 is 0 Å². The van der Waals surface area contributed by atoms with Crippen LogP contribution in [0.25, 0.3) is 0 Å². The highest BCUT2D eigenvalue weighted by Crippen LogP contribution is 2.27. The van der Waals surface area contributed by atoms with Gasteiger partial charge in [-0.2, -0.15) is 0 Å². The lowest BCUT2D eigenvalue weighted by atomic mass is 10.3. The lowest BCUT2D eigenvalue weighted by Gasteiger charge is -2.03. The van der Waals surface area contributed by atoms with Gasteiger partial charge in [0.15, 0.2) is 0 Å². The zero-order valence-corrected chi connectivity index (χ0v) is 9.15. The molecule has 1 aromatic rings. The summed E-state index contributed by atoms with van der Waals surface area (Å²) in [5.41, 5.74) is 6.89. The van der Waals surface area contributed by atoms with Crippen molar-refractivity contribution >= 4 is 34.7 Å². The van der Waals surface area contributed by atoms with Gasteiger partial charge in [0.1, 0.15) is 5.69 Å². The van der Waals surface area contributed by atoms with Gasteiger partial charge in [-0.3, -0.25) is 5.73 Å². The molecule has 0 aromatic heterocycles.